The highest BCUT2D eigenvalue weighted by Gasteiger charge is 2.17. The van der Waals surface area contributed by atoms with Crippen molar-refractivity contribution in [1.29, 1.82) is 0 Å². The Balaban J connectivity index is 2.15. The average Bonchev–Trinajstić information content (AvgIpc) is 2.66. The molecular formula is C12H20N4O2. The topological polar surface area (TPSA) is 73.5 Å². The first-order valence-corrected chi connectivity index (χ1v) is 6.39. The standard InChI is InChI=1S/C12H20N4O2/c1-2-6-18-12-10(13)11(14-9-15-12)16-4-3-7-17-8-5-16/h9H,2-8,13H2,1H3. The third-order valence-corrected chi connectivity index (χ3v) is 2.79. The molecule has 0 amide bonds. The van der Waals surface area contributed by atoms with E-state index in [1.54, 1.807) is 0 Å². The van der Waals surface area contributed by atoms with Crippen molar-refractivity contribution in [1.82, 2.24) is 9.97 Å². The Morgan fingerprint density at radius 2 is 2.28 bits per heavy atom. The van der Waals surface area contributed by atoms with Gasteiger partial charge in [-0.05, 0) is 12.8 Å². The van der Waals surface area contributed by atoms with E-state index < -0.39 is 0 Å². The number of nitrogens with two attached hydrogens (primary N) is 1. The second-order valence-corrected chi connectivity index (χ2v) is 4.22. The maximum Gasteiger partial charge on any atom is 0.242 e. The summed E-state index contributed by atoms with van der Waals surface area (Å²) in [7, 11) is 0. The maximum absolute atomic E-state index is 6.07. The molecule has 0 aromatic carbocycles. The molecule has 0 radical (unpaired) electrons. The van der Waals surface area contributed by atoms with E-state index in [2.05, 4.69) is 14.9 Å². The Morgan fingerprint density at radius 3 is 3.11 bits per heavy atom. The van der Waals surface area contributed by atoms with Crippen LogP contribution in [-0.4, -0.2) is 42.9 Å². The van der Waals surface area contributed by atoms with Crippen LogP contribution in [0.2, 0.25) is 0 Å². The van der Waals surface area contributed by atoms with Gasteiger partial charge in [0.05, 0.1) is 13.2 Å². The quantitative estimate of drug-likeness (QED) is 0.864. The molecule has 2 rings (SSSR count). The predicted octanol–water partition coefficient (Wildman–Crippen LogP) is 1.07. The van der Waals surface area contributed by atoms with Crippen LogP contribution >= 0.6 is 0 Å². The highest BCUT2D eigenvalue weighted by molar-refractivity contribution is 5.67. The summed E-state index contributed by atoms with van der Waals surface area (Å²) < 4.78 is 10.9. The first-order chi connectivity index (χ1) is 8.83. The predicted molar refractivity (Wildman–Crippen MR) is 69.9 cm³/mol. The van der Waals surface area contributed by atoms with Crippen molar-refractivity contribution in [3.63, 3.8) is 0 Å². The largest absolute Gasteiger partial charge is 0.476 e. The van der Waals surface area contributed by atoms with E-state index in [1.807, 2.05) is 6.92 Å². The fraction of sp³-hybridized carbons (Fsp3) is 0.667. The number of nitrogen functional groups attached to an aromatic ring is 1. The SMILES string of the molecule is CCCOc1ncnc(N2CCCOCC2)c1N. The third-order valence-electron chi connectivity index (χ3n) is 2.79. The van der Waals surface area contributed by atoms with Crippen LogP contribution in [0, 0.1) is 0 Å². The first-order valence-electron chi connectivity index (χ1n) is 6.39. The molecule has 1 fully saturated rings. The van der Waals surface area contributed by atoms with Crippen LogP contribution < -0.4 is 15.4 Å². The molecule has 2 heterocycles. The van der Waals surface area contributed by atoms with Crippen LogP contribution in [0.5, 0.6) is 5.88 Å². The zero-order chi connectivity index (χ0) is 12.8. The van der Waals surface area contributed by atoms with Crippen molar-refractivity contribution in [2.75, 3.05) is 43.5 Å². The number of hydrogen-bond donors (Lipinski definition) is 1. The van der Waals surface area contributed by atoms with Crippen LogP contribution in [-0.2, 0) is 4.74 Å². The first kappa shape index (κ1) is 12.9. The normalized spacial score (nSPS) is 16.4. The van der Waals surface area contributed by atoms with Crippen molar-refractivity contribution >= 4 is 11.5 Å². The molecule has 18 heavy (non-hydrogen) atoms. The van der Waals surface area contributed by atoms with E-state index in [0.29, 0.717) is 24.8 Å². The maximum atomic E-state index is 6.07. The lowest BCUT2D eigenvalue weighted by Crippen LogP contribution is -2.28. The number of nitrogens with zero attached hydrogens (tertiary/aromatic N) is 3. The monoisotopic (exact) mass is 252 g/mol. The average molecular weight is 252 g/mol. The van der Waals surface area contributed by atoms with Crippen LogP contribution in [0.25, 0.3) is 0 Å². The zero-order valence-corrected chi connectivity index (χ0v) is 10.8. The highest BCUT2D eigenvalue weighted by Crippen LogP contribution is 2.28. The molecule has 1 aromatic rings. The molecule has 6 heteroatoms. The molecule has 0 bridgehead atoms. The molecular weight excluding hydrogens is 232 g/mol. The van der Waals surface area contributed by atoms with Gasteiger partial charge in [0.2, 0.25) is 5.88 Å². The molecule has 1 saturated heterocycles. The summed E-state index contributed by atoms with van der Waals surface area (Å²) in [6, 6.07) is 0. The van der Waals surface area contributed by atoms with Crippen LogP contribution in [0.4, 0.5) is 11.5 Å². The van der Waals surface area contributed by atoms with E-state index in [9.17, 15) is 0 Å². The molecule has 0 spiro atoms. The fourth-order valence-corrected chi connectivity index (χ4v) is 1.89. The number of aromatic nitrogens is 2. The molecule has 1 aliphatic rings. The van der Waals surface area contributed by atoms with Crippen molar-refractivity contribution in [3.8, 4) is 5.88 Å². The molecule has 0 saturated carbocycles. The summed E-state index contributed by atoms with van der Waals surface area (Å²) in [5.74, 6) is 1.23. The summed E-state index contributed by atoms with van der Waals surface area (Å²) in [5.41, 5.74) is 6.59. The van der Waals surface area contributed by atoms with E-state index in [-0.39, 0.29) is 0 Å². The van der Waals surface area contributed by atoms with Gasteiger partial charge in [-0.25, -0.2) is 4.98 Å². The van der Waals surface area contributed by atoms with Gasteiger partial charge in [-0.1, -0.05) is 6.92 Å². The van der Waals surface area contributed by atoms with Gasteiger partial charge in [-0.15, -0.1) is 0 Å². The summed E-state index contributed by atoms with van der Waals surface area (Å²) >= 11 is 0. The summed E-state index contributed by atoms with van der Waals surface area (Å²) in [6.45, 7) is 5.85. The van der Waals surface area contributed by atoms with Crippen molar-refractivity contribution in [3.05, 3.63) is 6.33 Å². The van der Waals surface area contributed by atoms with Gasteiger partial charge in [0.15, 0.2) is 5.82 Å². The number of rotatable bonds is 4. The summed E-state index contributed by atoms with van der Waals surface area (Å²) in [5, 5.41) is 0. The number of ether oxygens (including phenoxy) is 2. The zero-order valence-electron chi connectivity index (χ0n) is 10.8. The minimum Gasteiger partial charge on any atom is -0.476 e. The smallest absolute Gasteiger partial charge is 0.242 e. The van der Waals surface area contributed by atoms with Crippen LogP contribution in [0.3, 0.4) is 0 Å². The number of hydrogen-bond acceptors (Lipinski definition) is 6. The van der Waals surface area contributed by atoms with Crippen molar-refractivity contribution in [2.45, 2.75) is 19.8 Å². The minimum atomic E-state index is 0.479. The summed E-state index contributed by atoms with van der Waals surface area (Å²) in [6.07, 6.45) is 3.41. The highest BCUT2D eigenvalue weighted by atomic mass is 16.5. The van der Waals surface area contributed by atoms with E-state index in [0.717, 1.165) is 38.4 Å². The fourth-order valence-electron chi connectivity index (χ4n) is 1.89. The van der Waals surface area contributed by atoms with Gasteiger partial charge in [-0.3, -0.25) is 0 Å². The Labute approximate surface area is 107 Å². The van der Waals surface area contributed by atoms with Gasteiger partial charge >= 0.3 is 0 Å². The summed E-state index contributed by atoms with van der Waals surface area (Å²) in [4.78, 5) is 10.5. The van der Waals surface area contributed by atoms with E-state index in [4.69, 9.17) is 15.2 Å². The van der Waals surface area contributed by atoms with E-state index >= 15 is 0 Å². The number of anilines is 2. The Kier molecular flexibility index (Phi) is 4.58. The van der Waals surface area contributed by atoms with Gasteiger partial charge in [-0.2, -0.15) is 4.98 Å². The van der Waals surface area contributed by atoms with Crippen molar-refractivity contribution in [2.24, 2.45) is 0 Å². The van der Waals surface area contributed by atoms with Gasteiger partial charge in [0.1, 0.15) is 12.0 Å². The molecule has 0 aliphatic carbocycles. The minimum absolute atomic E-state index is 0.479. The third kappa shape index (κ3) is 3.01. The second kappa shape index (κ2) is 6.39. The lowest BCUT2D eigenvalue weighted by atomic mass is 10.3. The molecule has 6 nitrogen and oxygen atoms in total. The molecule has 100 valence electrons. The van der Waals surface area contributed by atoms with Crippen LogP contribution in [0.1, 0.15) is 19.8 Å². The van der Waals surface area contributed by atoms with Gasteiger partial charge < -0.3 is 20.1 Å². The van der Waals surface area contributed by atoms with Crippen molar-refractivity contribution < 1.29 is 9.47 Å². The molecule has 1 aliphatic heterocycles. The molecule has 0 unspecified atom stereocenters. The van der Waals surface area contributed by atoms with Gasteiger partial charge in [0, 0.05) is 19.7 Å². The Morgan fingerprint density at radius 1 is 1.39 bits per heavy atom. The second-order valence-electron chi connectivity index (χ2n) is 4.22. The van der Waals surface area contributed by atoms with E-state index in [1.165, 1.54) is 6.33 Å². The Hall–Kier alpha value is -1.56. The molecule has 1 aromatic heterocycles. The lowest BCUT2D eigenvalue weighted by molar-refractivity contribution is 0.152. The molecule has 0 atom stereocenters. The molecule has 2 N–H and O–H groups in total. The van der Waals surface area contributed by atoms with Gasteiger partial charge in [0.25, 0.3) is 0 Å². The lowest BCUT2D eigenvalue weighted by Gasteiger charge is -2.22. The Bertz CT molecular complexity index is 378. The van der Waals surface area contributed by atoms with Crippen LogP contribution in [0.15, 0.2) is 6.33 Å².